The molecule has 1 aromatic rings. The maximum absolute atomic E-state index is 5.47. The number of benzene rings is 1. The van der Waals surface area contributed by atoms with Crippen molar-refractivity contribution in [2.24, 2.45) is 4.99 Å². The van der Waals surface area contributed by atoms with E-state index in [9.17, 15) is 0 Å². The number of para-hydroxylation sites is 1. The number of guanidine groups is 1. The molecular formula is C19H28N4O. The van der Waals surface area contributed by atoms with Crippen LogP contribution in [0.2, 0.25) is 0 Å². The van der Waals surface area contributed by atoms with E-state index in [2.05, 4.69) is 58.9 Å². The van der Waals surface area contributed by atoms with Gasteiger partial charge in [-0.3, -0.25) is 0 Å². The normalized spacial score (nSPS) is 18.9. The molecule has 0 spiro atoms. The van der Waals surface area contributed by atoms with Crippen LogP contribution in [0.15, 0.2) is 41.4 Å². The van der Waals surface area contributed by atoms with E-state index in [0.717, 1.165) is 51.6 Å². The molecule has 1 saturated heterocycles. The molecule has 0 saturated carbocycles. The highest BCUT2D eigenvalue weighted by atomic mass is 16.5. The zero-order valence-electron chi connectivity index (χ0n) is 14.5. The van der Waals surface area contributed by atoms with Crippen LogP contribution in [0.1, 0.15) is 25.3 Å². The van der Waals surface area contributed by atoms with Crippen molar-refractivity contribution in [1.29, 1.82) is 0 Å². The van der Waals surface area contributed by atoms with Gasteiger partial charge in [0.15, 0.2) is 5.96 Å². The second-order valence-corrected chi connectivity index (χ2v) is 6.21. The number of hydrogen-bond donors (Lipinski definition) is 2. The standard InChI is InChI=1S/C19H28N4O/c1-2-20-19(22-17-8-4-5-9-17)21-15-16-7-3-6-10-18(16)23-11-13-24-14-12-23/h3-7,10,17H,2,8-9,11-15H2,1H3,(H2,20,21,22). The highest BCUT2D eigenvalue weighted by Gasteiger charge is 2.15. The van der Waals surface area contributed by atoms with E-state index in [1.807, 2.05) is 0 Å². The molecule has 0 aromatic heterocycles. The van der Waals surface area contributed by atoms with E-state index < -0.39 is 0 Å². The molecule has 5 nitrogen and oxygen atoms in total. The predicted octanol–water partition coefficient (Wildman–Crippen LogP) is 2.30. The van der Waals surface area contributed by atoms with Gasteiger partial charge in [0.1, 0.15) is 0 Å². The van der Waals surface area contributed by atoms with Crippen LogP contribution in [0, 0.1) is 0 Å². The van der Waals surface area contributed by atoms with Crippen molar-refractivity contribution in [3.05, 3.63) is 42.0 Å². The SMILES string of the molecule is CCNC(=NCc1ccccc1N1CCOCC1)NC1CC=CC1. The third-order valence-corrected chi connectivity index (χ3v) is 4.44. The van der Waals surface area contributed by atoms with E-state index in [4.69, 9.17) is 9.73 Å². The molecule has 24 heavy (non-hydrogen) atoms. The monoisotopic (exact) mass is 328 g/mol. The van der Waals surface area contributed by atoms with Crippen molar-refractivity contribution < 1.29 is 4.74 Å². The fraction of sp³-hybridized carbons (Fsp3) is 0.526. The van der Waals surface area contributed by atoms with Gasteiger partial charge in [-0.05, 0) is 31.4 Å². The Hall–Kier alpha value is -2.01. The minimum atomic E-state index is 0.470. The number of nitrogens with zero attached hydrogens (tertiary/aromatic N) is 2. The second kappa shape index (κ2) is 8.73. The van der Waals surface area contributed by atoms with Gasteiger partial charge in [0, 0.05) is 31.4 Å². The fourth-order valence-corrected chi connectivity index (χ4v) is 3.17. The van der Waals surface area contributed by atoms with Gasteiger partial charge in [0.25, 0.3) is 0 Å². The number of aliphatic imine (C=N–C) groups is 1. The Morgan fingerprint density at radius 1 is 1.21 bits per heavy atom. The fourth-order valence-electron chi connectivity index (χ4n) is 3.17. The van der Waals surface area contributed by atoms with E-state index in [0.29, 0.717) is 12.6 Å². The highest BCUT2D eigenvalue weighted by molar-refractivity contribution is 5.80. The van der Waals surface area contributed by atoms with Crippen LogP contribution in [-0.2, 0) is 11.3 Å². The Balaban J connectivity index is 1.68. The summed E-state index contributed by atoms with van der Waals surface area (Å²) in [6.07, 6.45) is 6.62. The van der Waals surface area contributed by atoms with Crippen molar-refractivity contribution >= 4 is 11.6 Å². The summed E-state index contributed by atoms with van der Waals surface area (Å²) in [5.41, 5.74) is 2.55. The summed E-state index contributed by atoms with van der Waals surface area (Å²) in [6.45, 7) is 7.17. The van der Waals surface area contributed by atoms with Crippen molar-refractivity contribution in [1.82, 2.24) is 10.6 Å². The average Bonchev–Trinajstić information content (AvgIpc) is 3.14. The number of hydrogen-bond acceptors (Lipinski definition) is 3. The van der Waals surface area contributed by atoms with Crippen molar-refractivity contribution in [3.8, 4) is 0 Å². The summed E-state index contributed by atoms with van der Waals surface area (Å²) in [6, 6.07) is 9.03. The summed E-state index contributed by atoms with van der Waals surface area (Å²) in [4.78, 5) is 7.21. The van der Waals surface area contributed by atoms with Crippen LogP contribution in [-0.4, -0.2) is 44.8 Å². The molecule has 0 radical (unpaired) electrons. The van der Waals surface area contributed by atoms with Gasteiger partial charge >= 0.3 is 0 Å². The lowest BCUT2D eigenvalue weighted by atomic mass is 10.1. The molecule has 1 aliphatic carbocycles. The Kier molecular flexibility index (Phi) is 6.13. The molecule has 130 valence electrons. The summed E-state index contributed by atoms with van der Waals surface area (Å²) in [5.74, 6) is 0.906. The molecule has 1 fully saturated rings. The van der Waals surface area contributed by atoms with E-state index >= 15 is 0 Å². The lowest BCUT2D eigenvalue weighted by molar-refractivity contribution is 0.122. The maximum Gasteiger partial charge on any atom is 0.191 e. The lowest BCUT2D eigenvalue weighted by Gasteiger charge is -2.30. The quantitative estimate of drug-likeness (QED) is 0.495. The van der Waals surface area contributed by atoms with Crippen LogP contribution < -0.4 is 15.5 Å². The van der Waals surface area contributed by atoms with E-state index in [-0.39, 0.29) is 0 Å². The number of morpholine rings is 1. The topological polar surface area (TPSA) is 48.9 Å². The van der Waals surface area contributed by atoms with Crippen molar-refractivity contribution in [3.63, 3.8) is 0 Å². The zero-order chi connectivity index (χ0) is 16.6. The Labute approximate surface area is 144 Å². The Bertz CT molecular complexity index is 570. The minimum absolute atomic E-state index is 0.470. The lowest BCUT2D eigenvalue weighted by Crippen LogP contribution is -2.42. The largest absolute Gasteiger partial charge is 0.378 e. The van der Waals surface area contributed by atoms with Crippen LogP contribution in [0.25, 0.3) is 0 Å². The van der Waals surface area contributed by atoms with Crippen LogP contribution in [0.4, 0.5) is 5.69 Å². The van der Waals surface area contributed by atoms with Gasteiger partial charge in [-0.1, -0.05) is 30.4 Å². The smallest absolute Gasteiger partial charge is 0.191 e. The van der Waals surface area contributed by atoms with Gasteiger partial charge in [0.2, 0.25) is 0 Å². The molecule has 2 aliphatic rings. The van der Waals surface area contributed by atoms with Gasteiger partial charge in [0.05, 0.1) is 19.8 Å². The molecule has 0 amide bonds. The maximum atomic E-state index is 5.47. The molecule has 1 heterocycles. The number of rotatable bonds is 5. The number of anilines is 1. The van der Waals surface area contributed by atoms with Gasteiger partial charge in [-0.25, -0.2) is 4.99 Å². The van der Waals surface area contributed by atoms with Crippen molar-refractivity contribution in [2.45, 2.75) is 32.4 Å². The van der Waals surface area contributed by atoms with Gasteiger partial charge in [-0.15, -0.1) is 0 Å². The van der Waals surface area contributed by atoms with Crippen molar-refractivity contribution in [2.75, 3.05) is 37.7 Å². The van der Waals surface area contributed by atoms with Crippen LogP contribution in [0.5, 0.6) is 0 Å². The molecule has 2 N–H and O–H groups in total. The molecule has 1 aromatic carbocycles. The average molecular weight is 328 g/mol. The van der Waals surface area contributed by atoms with Crippen LogP contribution >= 0.6 is 0 Å². The van der Waals surface area contributed by atoms with E-state index in [1.54, 1.807) is 0 Å². The first kappa shape index (κ1) is 16.8. The molecule has 5 heteroatoms. The zero-order valence-corrected chi connectivity index (χ0v) is 14.5. The molecule has 3 rings (SSSR count). The molecule has 0 bridgehead atoms. The highest BCUT2D eigenvalue weighted by Crippen LogP contribution is 2.22. The number of ether oxygens (including phenoxy) is 1. The third kappa shape index (κ3) is 4.51. The number of nitrogens with one attached hydrogen (secondary N) is 2. The first-order chi connectivity index (χ1) is 11.9. The van der Waals surface area contributed by atoms with E-state index in [1.165, 1.54) is 11.3 Å². The first-order valence-electron chi connectivity index (χ1n) is 8.97. The van der Waals surface area contributed by atoms with Crippen LogP contribution in [0.3, 0.4) is 0 Å². The first-order valence-corrected chi connectivity index (χ1v) is 8.97. The molecular weight excluding hydrogens is 300 g/mol. The van der Waals surface area contributed by atoms with Gasteiger partial charge < -0.3 is 20.3 Å². The summed E-state index contributed by atoms with van der Waals surface area (Å²) < 4.78 is 5.47. The summed E-state index contributed by atoms with van der Waals surface area (Å²) >= 11 is 0. The molecule has 0 unspecified atom stereocenters. The Morgan fingerprint density at radius 3 is 2.71 bits per heavy atom. The minimum Gasteiger partial charge on any atom is -0.378 e. The summed E-state index contributed by atoms with van der Waals surface area (Å²) in [5, 5.41) is 6.89. The molecule has 0 atom stereocenters. The third-order valence-electron chi connectivity index (χ3n) is 4.44. The summed E-state index contributed by atoms with van der Waals surface area (Å²) in [7, 11) is 0. The Morgan fingerprint density at radius 2 is 1.96 bits per heavy atom. The predicted molar refractivity (Wildman–Crippen MR) is 99.6 cm³/mol. The molecule has 1 aliphatic heterocycles. The van der Waals surface area contributed by atoms with Gasteiger partial charge in [-0.2, -0.15) is 0 Å². The second-order valence-electron chi connectivity index (χ2n) is 6.21.